The molecule has 0 radical (unpaired) electrons. The Morgan fingerprint density at radius 2 is 1.97 bits per heavy atom. The smallest absolute Gasteiger partial charge is 0.416 e. The first-order valence-corrected chi connectivity index (χ1v) is 13.0. The molecule has 1 amide bonds. The number of aliphatic carboxylic acids is 1. The van der Waals surface area contributed by atoms with Crippen molar-refractivity contribution in [3.63, 3.8) is 0 Å². The second-order valence-corrected chi connectivity index (χ2v) is 10.8. The number of ether oxygens (including phenoxy) is 2. The molecule has 1 N–H and O–H groups in total. The number of alkyl halides is 3. The molecule has 1 aromatic carbocycles. The summed E-state index contributed by atoms with van der Waals surface area (Å²) in [4.78, 5) is 30.8. The van der Waals surface area contributed by atoms with Gasteiger partial charge in [-0.25, -0.2) is 0 Å². The van der Waals surface area contributed by atoms with E-state index in [1.54, 1.807) is 0 Å². The molecule has 3 heterocycles. The standard InChI is InChI=1S/C26H34F3N3O5/c1-17-13-31(11-10-30(17)9-7-23(33)34)21-6-8-25(37-15-21,19-2-3-19)24(35)32-14-18-12-20(26(27,28)29)4-5-22(18)36-16-32/h4-5,12,17,19,21H,2-3,6-11,13-16H2,1H3,(H,33,34)/t17-,21+,25-/m0/s1. The second kappa shape index (κ2) is 10.1. The van der Waals surface area contributed by atoms with E-state index in [1.807, 2.05) is 0 Å². The fraction of sp³-hybridized carbons (Fsp3) is 0.692. The lowest BCUT2D eigenvalue weighted by molar-refractivity contribution is -0.181. The van der Waals surface area contributed by atoms with Crippen LogP contribution in [0.15, 0.2) is 18.2 Å². The van der Waals surface area contributed by atoms with Crippen LogP contribution in [0.4, 0.5) is 13.2 Å². The van der Waals surface area contributed by atoms with Gasteiger partial charge in [-0.05, 0) is 56.7 Å². The number of hydrogen-bond acceptors (Lipinski definition) is 6. The Labute approximate surface area is 214 Å². The van der Waals surface area contributed by atoms with Crippen LogP contribution in [0.25, 0.3) is 0 Å². The first kappa shape index (κ1) is 26.2. The molecular weight excluding hydrogens is 491 g/mol. The van der Waals surface area contributed by atoms with Crippen molar-refractivity contribution >= 4 is 11.9 Å². The van der Waals surface area contributed by atoms with E-state index in [4.69, 9.17) is 14.6 Å². The van der Waals surface area contributed by atoms with E-state index in [2.05, 4.69) is 16.7 Å². The highest BCUT2D eigenvalue weighted by Gasteiger charge is 2.56. The first-order valence-electron chi connectivity index (χ1n) is 13.0. The Bertz CT molecular complexity index is 1020. The number of amides is 1. The van der Waals surface area contributed by atoms with Crippen molar-refractivity contribution in [1.82, 2.24) is 14.7 Å². The highest BCUT2D eigenvalue weighted by atomic mass is 19.4. The fourth-order valence-corrected chi connectivity index (χ4v) is 6.03. The number of piperazine rings is 1. The third kappa shape index (κ3) is 5.44. The normalized spacial score (nSPS) is 29.5. The Hall–Kier alpha value is -2.37. The topological polar surface area (TPSA) is 82.6 Å². The summed E-state index contributed by atoms with van der Waals surface area (Å²) in [6.07, 6.45) is -1.16. The number of rotatable bonds is 6. The van der Waals surface area contributed by atoms with Crippen molar-refractivity contribution in [3.05, 3.63) is 29.3 Å². The van der Waals surface area contributed by atoms with Gasteiger partial charge in [0.15, 0.2) is 6.73 Å². The van der Waals surface area contributed by atoms with Gasteiger partial charge in [0.2, 0.25) is 0 Å². The number of carboxylic acid groups (broad SMARTS) is 1. The van der Waals surface area contributed by atoms with Crippen molar-refractivity contribution in [3.8, 4) is 5.75 Å². The van der Waals surface area contributed by atoms with Crippen LogP contribution in [-0.2, 0) is 27.0 Å². The van der Waals surface area contributed by atoms with Gasteiger partial charge in [0.05, 0.1) is 25.1 Å². The Morgan fingerprint density at radius 1 is 1.19 bits per heavy atom. The van der Waals surface area contributed by atoms with Crippen LogP contribution in [0.2, 0.25) is 0 Å². The molecule has 0 spiro atoms. The van der Waals surface area contributed by atoms with E-state index in [9.17, 15) is 22.8 Å². The third-order valence-electron chi connectivity index (χ3n) is 8.32. The van der Waals surface area contributed by atoms with Gasteiger partial charge in [-0.15, -0.1) is 0 Å². The maximum Gasteiger partial charge on any atom is 0.416 e. The number of fused-ring (bicyclic) bond motifs is 1. The predicted octanol–water partition coefficient (Wildman–Crippen LogP) is 3.19. The molecule has 1 aromatic rings. The van der Waals surface area contributed by atoms with Crippen LogP contribution in [0.5, 0.6) is 5.75 Å². The predicted molar refractivity (Wildman–Crippen MR) is 127 cm³/mol. The van der Waals surface area contributed by atoms with E-state index in [0.717, 1.165) is 51.0 Å². The van der Waals surface area contributed by atoms with Crippen LogP contribution in [0.1, 0.15) is 50.2 Å². The summed E-state index contributed by atoms with van der Waals surface area (Å²) in [5, 5.41) is 8.98. The van der Waals surface area contributed by atoms with Crippen molar-refractivity contribution in [2.75, 3.05) is 39.5 Å². The molecule has 5 rings (SSSR count). The Kier molecular flexibility index (Phi) is 7.14. The number of hydrogen-bond donors (Lipinski definition) is 1. The Morgan fingerprint density at radius 3 is 2.59 bits per heavy atom. The van der Waals surface area contributed by atoms with Crippen LogP contribution >= 0.6 is 0 Å². The number of nitrogens with zero attached hydrogens (tertiary/aromatic N) is 3. The maximum absolute atomic E-state index is 13.8. The van der Waals surface area contributed by atoms with Crippen LogP contribution < -0.4 is 4.74 Å². The molecule has 8 nitrogen and oxygen atoms in total. The maximum atomic E-state index is 13.8. The summed E-state index contributed by atoms with van der Waals surface area (Å²) in [5.41, 5.74) is -1.35. The molecule has 0 unspecified atom stereocenters. The zero-order valence-electron chi connectivity index (χ0n) is 21.0. The zero-order chi connectivity index (χ0) is 26.4. The molecule has 11 heteroatoms. The fourth-order valence-electron chi connectivity index (χ4n) is 6.03. The lowest BCUT2D eigenvalue weighted by Crippen LogP contribution is -2.61. The molecule has 4 aliphatic rings. The van der Waals surface area contributed by atoms with E-state index in [0.29, 0.717) is 30.9 Å². The highest BCUT2D eigenvalue weighted by molar-refractivity contribution is 5.86. The molecule has 3 aliphatic heterocycles. The molecule has 204 valence electrons. The van der Waals surface area contributed by atoms with Crippen molar-refractivity contribution < 1.29 is 37.3 Å². The van der Waals surface area contributed by atoms with Gasteiger partial charge in [0.1, 0.15) is 11.4 Å². The van der Waals surface area contributed by atoms with E-state index in [-0.39, 0.29) is 43.6 Å². The van der Waals surface area contributed by atoms with Gasteiger partial charge in [-0.2, -0.15) is 13.2 Å². The van der Waals surface area contributed by atoms with Crippen molar-refractivity contribution in [2.45, 2.75) is 69.4 Å². The van der Waals surface area contributed by atoms with Gasteiger partial charge < -0.3 is 19.5 Å². The number of benzene rings is 1. The third-order valence-corrected chi connectivity index (χ3v) is 8.32. The average Bonchev–Trinajstić information content (AvgIpc) is 3.72. The molecular formula is C26H34F3N3O5. The number of carbonyl (C=O) groups is 2. The summed E-state index contributed by atoms with van der Waals surface area (Å²) in [6, 6.07) is 3.79. The minimum absolute atomic E-state index is 0.00568. The molecule has 2 saturated heterocycles. The summed E-state index contributed by atoms with van der Waals surface area (Å²) >= 11 is 0. The quantitative estimate of drug-likeness (QED) is 0.611. The highest BCUT2D eigenvalue weighted by Crippen LogP contribution is 2.48. The number of halogens is 3. The average molecular weight is 526 g/mol. The molecule has 1 saturated carbocycles. The molecule has 3 atom stereocenters. The van der Waals surface area contributed by atoms with Crippen molar-refractivity contribution in [1.29, 1.82) is 0 Å². The SMILES string of the molecule is C[C@H]1CN([C@@H]2CC[C@@](C(=O)N3COc4ccc(C(F)(F)F)cc4C3)(C3CC3)OC2)CCN1CCC(=O)O. The zero-order valence-corrected chi connectivity index (χ0v) is 21.0. The number of carboxylic acids is 1. The minimum atomic E-state index is -4.46. The van der Waals surface area contributed by atoms with Gasteiger partial charge in [-0.3, -0.25) is 19.4 Å². The summed E-state index contributed by atoms with van der Waals surface area (Å²) in [5.74, 6) is -0.488. The Balaban J connectivity index is 1.22. The lowest BCUT2D eigenvalue weighted by atomic mass is 9.85. The summed E-state index contributed by atoms with van der Waals surface area (Å²) < 4.78 is 51.7. The monoisotopic (exact) mass is 525 g/mol. The molecule has 0 aromatic heterocycles. The lowest BCUT2D eigenvalue weighted by Gasteiger charge is -2.48. The largest absolute Gasteiger partial charge is 0.481 e. The van der Waals surface area contributed by atoms with Gasteiger partial charge in [0.25, 0.3) is 5.91 Å². The van der Waals surface area contributed by atoms with Crippen LogP contribution in [0.3, 0.4) is 0 Å². The van der Waals surface area contributed by atoms with E-state index >= 15 is 0 Å². The minimum Gasteiger partial charge on any atom is -0.481 e. The number of carbonyl (C=O) groups excluding carboxylic acids is 1. The van der Waals surface area contributed by atoms with Gasteiger partial charge >= 0.3 is 12.1 Å². The molecule has 1 aliphatic carbocycles. The van der Waals surface area contributed by atoms with Gasteiger partial charge in [0, 0.05) is 43.8 Å². The van der Waals surface area contributed by atoms with E-state index in [1.165, 1.54) is 11.0 Å². The van der Waals surface area contributed by atoms with Crippen molar-refractivity contribution in [2.24, 2.45) is 5.92 Å². The summed E-state index contributed by atoms with van der Waals surface area (Å²) in [7, 11) is 0. The molecule has 3 fully saturated rings. The first-order chi connectivity index (χ1) is 17.6. The van der Waals surface area contributed by atoms with Crippen LogP contribution in [0, 0.1) is 5.92 Å². The van der Waals surface area contributed by atoms with Crippen LogP contribution in [-0.4, -0.2) is 88.9 Å². The molecule has 0 bridgehead atoms. The second-order valence-electron chi connectivity index (χ2n) is 10.8. The summed E-state index contributed by atoms with van der Waals surface area (Å²) in [6.45, 7) is 5.56. The van der Waals surface area contributed by atoms with Gasteiger partial charge in [-0.1, -0.05) is 0 Å². The molecule has 37 heavy (non-hydrogen) atoms. The van der Waals surface area contributed by atoms with E-state index < -0.39 is 23.3 Å².